The summed E-state index contributed by atoms with van der Waals surface area (Å²) >= 11 is 13.6. The number of hydrogen-bond acceptors (Lipinski definition) is 6. The Hall–Kier alpha value is -2.98. The van der Waals surface area contributed by atoms with E-state index in [4.69, 9.17) is 33.0 Å². The minimum absolute atomic E-state index is 0.175. The fourth-order valence-electron chi connectivity index (χ4n) is 5.79. The first kappa shape index (κ1) is 28.2. The number of aromatic nitrogens is 4. The van der Waals surface area contributed by atoms with Crippen molar-refractivity contribution in [3.8, 4) is 11.1 Å². The van der Waals surface area contributed by atoms with Gasteiger partial charge in [0.05, 0.1) is 41.3 Å². The van der Waals surface area contributed by atoms with Gasteiger partial charge in [-0.1, -0.05) is 47.5 Å². The Morgan fingerprint density at radius 2 is 1.98 bits per heavy atom. The molecule has 0 radical (unpaired) electrons. The lowest BCUT2D eigenvalue weighted by Gasteiger charge is -2.40. The highest BCUT2D eigenvalue weighted by Crippen LogP contribution is 2.39. The van der Waals surface area contributed by atoms with Gasteiger partial charge in [0, 0.05) is 54.8 Å². The molecule has 1 fully saturated rings. The number of aliphatic hydroxyl groups is 1. The number of alkyl halides is 1. The summed E-state index contributed by atoms with van der Waals surface area (Å²) < 4.78 is 22.7. The van der Waals surface area contributed by atoms with Gasteiger partial charge in [-0.15, -0.1) is 0 Å². The molecule has 4 heterocycles. The number of ether oxygens (including phenoxy) is 1. The van der Waals surface area contributed by atoms with Crippen LogP contribution >= 0.6 is 23.2 Å². The second-order valence-corrected chi connectivity index (χ2v) is 11.8. The third-order valence-electron chi connectivity index (χ3n) is 8.18. The summed E-state index contributed by atoms with van der Waals surface area (Å²) in [7, 11) is 0. The number of benzene rings is 2. The molecule has 216 valence electrons. The first-order chi connectivity index (χ1) is 19.7. The normalized spacial score (nSPS) is 18.8. The van der Waals surface area contributed by atoms with Crippen molar-refractivity contribution in [3.05, 3.63) is 69.9 Å². The van der Waals surface area contributed by atoms with E-state index >= 15 is 0 Å². The molecule has 0 aliphatic carbocycles. The maximum Gasteiger partial charge on any atom is 0.337 e. The molecule has 0 saturated carbocycles. The summed E-state index contributed by atoms with van der Waals surface area (Å²) in [6, 6.07) is 9.03. The van der Waals surface area contributed by atoms with Gasteiger partial charge in [0.15, 0.2) is 6.04 Å². The van der Waals surface area contributed by atoms with Gasteiger partial charge in [-0.25, -0.2) is 14.2 Å². The number of hydrogen-bond donors (Lipinski definition) is 1. The fourth-order valence-corrected chi connectivity index (χ4v) is 6.34. The molecule has 0 bridgehead atoms. The summed E-state index contributed by atoms with van der Waals surface area (Å²) in [5.74, 6) is -0.162. The molecule has 0 amide bonds. The molecule has 2 aliphatic heterocycles. The Balaban J connectivity index is 1.28. The first-order valence-corrected chi connectivity index (χ1v) is 14.7. The van der Waals surface area contributed by atoms with Gasteiger partial charge < -0.3 is 19.3 Å². The zero-order valence-electron chi connectivity index (χ0n) is 22.9. The van der Waals surface area contributed by atoms with E-state index in [0.717, 1.165) is 37.2 Å². The van der Waals surface area contributed by atoms with Crippen LogP contribution in [-0.4, -0.2) is 73.8 Å². The minimum atomic E-state index is -1.03. The third-order valence-corrected chi connectivity index (χ3v) is 8.87. The Morgan fingerprint density at radius 3 is 2.68 bits per heavy atom. The predicted molar refractivity (Wildman–Crippen MR) is 156 cm³/mol. The SMILES string of the molecule is CCOC(=O)C(c1ncn2c1C[C@@H](F)C2)n1cc2c(Cl)cc(-c3ccc(CCN4CC(C(C)O)C4)cc3)c(Cl)c2n1. The average molecular weight is 601 g/mol. The van der Waals surface area contributed by atoms with Gasteiger partial charge in [-0.2, -0.15) is 5.10 Å². The summed E-state index contributed by atoms with van der Waals surface area (Å²) in [5.41, 5.74) is 4.38. The highest BCUT2D eigenvalue weighted by atomic mass is 35.5. The molecule has 2 aromatic heterocycles. The molecule has 1 saturated heterocycles. The van der Waals surface area contributed by atoms with Crippen LogP contribution in [0.1, 0.15) is 36.8 Å². The van der Waals surface area contributed by atoms with Gasteiger partial charge in [0.25, 0.3) is 0 Å². The Bertz CT molecular complexity index is 1580. The maximum absolute atomic E-state index is 14.2. The molecule has 1 N–H and O–H groups in total. The summed E-state index contributed by atoms with van der Waals surface area (Å²) in [6.45, 7) is 6.80. The van der Waals surface area contributed by atoms with Crippen molar-refractivity contribution in [3.63, 3.8) is 0 Å². The van der Waals surface area contributed by atoms with E-state index in [2.05, 4.69) is 22.0 Å². The quantitative estimate of drug-likeness (QED) is 0.269. The van der Waals surface area contributed by atoms with Crippen molar-refractivity contribution in [1.29, 1.82) is 0 Å². The van der Waals surface area contributed by atoms with Crippen LogP contribution in [0.15, 0.2) is 42.9 Å². The van der Waals surface area contributed by atoms with E-state index in [-0.39, 0.29) is 25.7 Å². The van der Waals surface area contributed by atoms with Gasteiger partial charge in [-0.3, -0.25) is 4.68 Å². The average Bonchev–Trinajstić information content (AvgIpc) is 3.61. The predicted octanol–water partition coefficient (Wildman–Crippen LogP) is 5.11. The van der Waals surface area contributed by atoms with Crippen molar-refractivity contribution in [2.45, 2.75) is 51.6 Å². The molecule has 3 atom stereocenters. The van der Waals surface area contributed by atoms with Crippen molar-refractivity contribution >= 4 is 40.1 Å². The number of nitrogens with zero attached hydrogens (tertiary/aromatic N) is 5. The lowest BCUT2D eigenvalue weighted by Crippen LogP contribution is -2.51. The van der Waals surface area contributed by atoms with Crippen LogP contribution in [0, 0.1) is 5.92 Å². The minimum Gasteiger partial charge on any atom is -0.464 e. The number of likely N-dealkylation sites (tertiary alicyclic amines) is 1. The second kappa shape index (κ2) is 11.4. The highest BCUT2D eigenvalue weighted by Gasteiger charge is 2.35. The summed E-state index contributed by atoms with van der Waals surface area (Å²) in [6.07, 6.45) is 3.04. The monoisotopic (exact) mass is 599 g/mol. The maximum atomic E-state index is 14.2. The first-order valence-electron chi connectivity index (χ1n) is 13.9. The highest BCUT2D eigenvalue weighted by molar-refractivity contribution is 6.42. The van der Waals surface area contributed by atoms with Crippen LogP contribution in [0.5, 0.6) is 0 Å². The number of rotatable bonds is 9. The van der Waals surface area contributed by atoms with Crippen molar-refractivity contribution in [2.75, 3.05) is 26.2 Å². The molecular formula is C30H32Cl2FN5O3. The van der Waals surface area contributed by atoms with E-state index in [1.165, 1.54) is 10.2 Å². The number of halogens is 3. The van der Waals surface area contributed by atoms with Crippen LogP contribution in [0.3, 0.4) is 0 Å². The lowest BCUT2D eigenvalue weighted by atomic mass is 9.94. The zero-order chi connectivity index (χ0) is 28.8. The van der Waals surface area contributed by atoms with Crippen LogP contribution < -0.4 is 0 Å². The Labute approximate surface area is 247 Å². The molecule has 4 aromatic rings. The molecule has 2 unspecified atom stereocenters. The summed E-state index contributed by atoms with van der Waals surface area (Å²) in [5, 5.41) is 15.8. The smallest absolute Gasteiger partial charge is 0.337 e. The molecule has 6 rings (SSSR count). The molecule has 8 nitrogen and oxygen atoms in total. The van der Waals surface area contributed by atoms with Crippen LogP contribution in [0.25, 0.3) is 22.0 Å². The van der Waals surface area contributed by atoms with E-state index in [1.54, 1.807) is 24.0 Å². The van der Waals surface area contributed by atoms with Crippen molar-refractivity contribution < 1.29 is 19.0 Å². The van der Waals surface area contributed by atoms with Crippen molar-refractivity contribution in [2.24, 2.45) is 5.92 Å². The number of imidazole rings is 1. The van der Waals surface area contributed by atoms with Gasteiger partial charge >= 0.3 is 5.97 Å². The number of carbonyl (C=O) groups excluding carboxylic acids is 1. The number of fused-ring (bicyclic) bond motifs is 2. The van der Waals surface area contributed by atoms with Crippen LogP contribution in [0.2, 0.25) is 10.0 Å². The van der Waals surface area contributed by atoms with E-state index < -0.39 is 18.2 Å². The number of carbonyl (C=O) groups is 1. The van der Waals surface area contributed by atoms with Gasteiger partial charge in [0.2, 0.25) is 0 Å². The zero-order valence-corrected chi connectivity index (χ0v) is 24.4. The molecule has 0 spiro atoms. The topological polar surface area (TPSA) is 85.4 Å². The van der Waals surface area contributed by atoms with E-state index in [9.17, 15) is 14.3 Å². The summed E-state index contributed by atoms with van der Waals surface area (Å²) in [4.78, 5) is 19.9. The molecule has 11 heteroatoms. The van der Waals surface area contributed by atoms with Gasteiger partial charge in [0.1, 0.15) is 11.7 Å². The Morgan fingerprint density at radius 1 is 1.22 bits per heavy atom. The molecule has 2 aromatic carbocycles. The van der Waals surface area contributed by atoms with E-state index in [1.807, 2.05) is 25.1 Å². The molecule has 41 heavy (non-hydrogen) atoms. The van der Waals surface area contributed by atoms with E-state index in [0.29, 0.717) is 38.3 Å². The molecule has 2 aliphatic rings. The standard InChI is InChI=1S/C30H32Cl2FN5O3/c1-3-41-30(40)29(28-25-10-21(33)14-37(25)16-34-28)38-15-23-24(31)11-22(26(32)27(23)35-38)19-6-4-18(5-7-19)8-9-36-12-20(13-36)17(2)39/h4-7,11,15-17,20-21,29,39H,3,8-10,12-14H2,1-2H3/t17?,21-,29?/m1/s1. The molecular weight excluding hydrogens is 568 g/mol. The number of esters is 1. The van der Waals surface area contributed by atoms with Gasteiger partial charge in [-0.05, 0) is 37.5 Å². The van der Waals surface area contributed by atoms with Crippen LogP contribution in [0.4, 0.5) is 4.39 Å². The Kier molecular flexibility index (Phi) is 7.80. The fraction of sp³-hybridized carbons (Fsp3) is 0.433. The lowest BCUT2D eigenvalue weighted by molar-refractivity contribution is -0.146. The van der Waals surface area contributed by atoms with Crippen molar-refractivity contribution in [1.82, 2.24) is 24.2 Å². The second-order valence-electron chi connectivity index (χ2n) is 11.0. The largest absolute Gasteiger partial charge is 0.464 e. The number of aliphatic hydroxyl groups excluding tert-OH is 1. The van der Waals surface area contributed by atoms with Crippen LogP contribution in [-0.2, 0) is 28.9 Å². The third kappa shape index (κ3) is 5.36.